The Kier molecular flexibility index (Phi) is 3.24. The van der Waals surface area contributed by atoms with Crippen molar-refractivity contribution in [1.29, 1.82) is 5.26 Å². The molecule has 8 heteroatoms. The first-order valence-electron chi connectivity index (χ1n) is 7.14. The number of nitriles is 1. The molecule has 1 aromatic carbocycles. The molecule has 0 bridgehead atoms. The van der Waals surface area contributed by atoms with E-state index in [2.05, 4.69) is 25.3 Å². The molecule has 4 aromatic rings. The summed E-state index contributed by atoms with van der Waals surface area (Å²) in [5.74, 6) is 0.104. The van der Waals surface area contributed by atoms with Gasteiger partial charge >= 0.3 is 0 Å². The van der Waals surface area contributed by atoms with Crippen LogP contribution < -0.4 is 0 Å². The zero-order chi connectivity index (χ0) is 16.5. The quantitative estimate of drug-likeness (QED) is 0.625. The third-order valence-electron chi connectivity index (χ3n) is 3.59. The van der Waals surface area contributed by atoms with Gasteiger partial charge in [0, 0.05) is 11.8 Å². The van der Waals surface area contributed by atoms with Gasteiger partial charge in [0.05, 0.1) is 11.9 Å². The van der Waals surface area contributed by atoms with Crippen LogP contribution in [0, 0.1) is 17.1 Å². The predicted molar refractivity (Wildman–Crippen MR) is 83.1 cm³/mol. The van der Waals surface area contributed by atoms with Crippen molar-refractivity contribution in [1.82, 2.24) is 29.9 Å². The summed E-state index contributed by atoms with van der Waals surface area (Å²) in [6, 6.07) is 12.0. The fraction of sp³-hybridized carbons (Fsp3) is 0.0625. The largest absolute Gasteiger partial charge is 0.257 e. The van der Waals surface area contributed by atoms with E-state index < -0.39 is 0 Å². The first kappa shape index (κ1) is 14.0. The lowest BCUT2D eigenvalue weighted by Crippen LogP contribution is -2.04. The molecule has 0 aliphatic carbocycles. The molecule has 0 spiro atoms. The van der Waals surface area contributed by atoms with Gasteiger partial charge in [-0.3, -0.25) is 5.10 Å². The van der Waals surface area contributed by atoms with Crippen molar-refractivity contribution in [3.63, 3.8) is 0 Å². The zero-order valence-electron chi connectivity index (χ0n) is 12.3. The number of aromatic nitrogens is 6. The summed E-state index contributed by atoms with van der Waals surface area (Å²) in [7, 11) is 0. The zero-order valence-corrected chi connectivity index (χ0v) is 12.3. The van der Waals surface area contributed by atoms with Gasteiger partial charge in [0.15, 0.2) is 11.5 Å². The molecule has 0 unspecified atom stereocenters. The maximum atomic E-state index is 13.9. The van der Waals surface area contributed by atoms with Gasteiger partial charge < -0.3 is 0 Å². The van der Waals surface area contributed by atoms with E-state index in [9.17, 15) is 4.39 Å². The number of H-pyrrole nitrogens is 1. The number of fused-ring (bicyclic) bond motifs is 1. The molecule has 0 amide bonds. The smallest absolute Gasteiger partial charge is 0.252 e. The van der Waals surface area contributed by atoms with Gasteiger partial charge in [-0.15, -0.1) is 5.10 Å². The highest BCUT2D eigenvalue weighted by atomic mass is 19.1. The lowest BCUT2D eigenvalue weighted by molar-refractivity contribution is 0.589. The topological polar surface area (TPSA) is 96.1 Å². The molecule has 0 radical (unpaired) electrons. The van der Waals surface area contributed by atoms with Gasteiger partial charge in [-0.05, 0) is 18.2 Å². The molecule has 0 atom stereocenters. The summed E-state index contributed by atoms with van der Waals surface area (Å²) in [5, 5.41) is 20.6. The number of aromatic amines is 1. The molecule has 3 aromatic heterocycles. The lowest BCUT2D eigenvalue weighted by atomic mass is 10.2. The van der Waals surface area contributed by atoms with Crippen LogP contribution in [-0.4, -0.2) is 29.9 Å². The Balaban J connectivity index is 1.85. The van der Waals surface area contributed by atoms with E-state index in [0.29, 0.717) is 22.7 Å². The Bertz CT molecular complexity index is 1070. The molecule has 7 nitrogen and oxygen atoms in total. The van der Waals surface area contributed by atoms with E-state index in [1.807, 2.05) is 12.1 Å². The van der Waals surface area contributed by atoms with Crippen LogP contribution in [0.5, 0.6) is 0 Å². The van der Waals surface area contributed by atoms with E-state index in [4.69, 9.17) is 5.26 Å². The van der Waals surface area contributed by atoms with Gasteiger partial charge in [-0.1, -0.05) is 18.2 Å². The highest BCUT2D eigenvalue weighted by molar-refractivity contribution is 5.89. The maximum absolute atomic E-state index is 13.9. The summed E-state index contributed by atoms with van der Waals surface area (Å²) in [4.78, 5) is 8.41. The highest BCUT2D eigenvalue weighted by Gasteiger charge is 2.17. The third-order valence-corrected chi connectivity index (χ3v) is 3.59. The fourth-order valence-corrected chi connectivity index (χ4v) is 2.50. The minimum Gasteiger partial charge on any atom is -0.257 e. The molecule has 0 aliphatic rings. The second kappa shape index (κ2) is 5.55. The normalized spacial score (nSPS) is 10.8. The predicted octanol–water partition coefficient (Wildman–Crippen LogP) is 2.28. The van der Waals surface area contributed by atoms with Crippen molar-refractivity contribution < 1.29 is 4.39 Å². The van der Waals surface area contributed by atoms with Crippen LogP contribution in [-0.2, 0) is 6.54 Å². The highest BCUT2D eigenvalue weighted by Crippen LogP contribution is 2.25. The number of pyridine rings is 1. The van der Waals surface area contributed by atoms with E-state index in [0.717, 1.165) is 5.39 Å². The number of benzene rings is 1. The molecule has 3 heterocycles. The number of hydrogen-bond donors (Lipinski definition) is 1. The second-order valence-corrected chi connectivity index (χ2v) is 5.09. The molecule has 116 valence electrons. The van der Waals surface area contributed by atoms with E-state index in [1.54, 1.807) is 35.1 Å². The molecule has 24 heavy (non-hydrogen) atoms. The van der Waals surface area contributed by atoms with E-state index >= 15 is 0 Å². The van der Waals surface area contributed by atoms with Gasteiger partial charge in [0.25, 0.3) is 5.82 Å². The summed E-state index contributed by atoms with van der Waals surface area (Å²) < 4.78 is 15.5. The summed E-state index contributed by atoms with van der Waals surface area (Å²) in [6.45, 7) is 0.236. The van der Waals surface area contributed by atoms with Crippen LogP contribution in [0.25, 0.3) is 22.6 Å². The monoisotopic (exact) mass is 319 g/mol. The van der Waals surface area contributed by atoms with E-state index in [-0.39, 0.29) is 18.2 Å². The van der Waals surface area contributed by atoms with Crippen molar-refractivity contribution in [2.75, 3.05) is 0 Å². The van der Waals surface area contributed by atoms with Crippen LogP contribution in [0.3, 0.4) is 0 Å². The van der Waals surface area contributed by atoms with Crippen LogP contribution in [0.15, 0.2) is 42.6 Å². The Morgan fingerprint density at radius 1 is 1.21 bits per heavy atom. The SMILES string of the molecule is N#Cc1n[nH]c(-c2nn(Cc3ccccc3F)c3ncccc23)n1. The third kappa shape index (κ3) is 2.28. The van der Waals surface area contributed by atoms with Crippen LogP contribution in [0.2, 0.25) is 0 Å². The van der Waals surface area contributed by atoms with Crippen LogP contribution >= 0.6 is 0 Å². The van der Waals surface area contributed by atoms with Gasteiger partial charge in [-0.25, -0.2) is 14.1 Å². The van der Waals surface area contributed by atoms with E-state index in [1.165, 1.54) is 6.07 Å². The summed E-state index contributed by atoms with van der Waals surface area (Å²) >= 11 is 0. The lowest BCUT2D eigenvalue weighted by Gasteiger charge is -2.04. The van der Waals surface area contributed by atoms with Crippen molar-refractivity contribution in [3.05, 3.63) is 59.8 Å². The number of hydrogen-bond acceptors (Lipinski definition) is 5. The van der Waals surface area contributed by atoms with Gasteiger partial charge in [0.1, 0.15) is 17.6 Å². The molecule has 0 saturated heterocycles. The molecular formula is C16H10FN7. The molecule has 1 N–H and O–H groups in total. The van der Waals surface area contributed by atoms with Crippen molar-refractivity contribution in [2.45, 2.75) is 6.54 Å². The second-order valence-electron chi connectivity index (χ2n) is 5.09. The average molecular weight is 319 g/mol. The molecule has 4 rings (SSSR count). The van der Waals surface area contributed by atoms with Crippen molar-refractivity contribution >= 4 is 11.0 Å². The minimum atomic E-state index is -0.301. The summed E-state index contributed by atoms with van der Waals surface area (Å²) in [6.07, 6.45) is 1.65. The van der Waals surface area contributed by atoms with Gasteiger partial charge in [-0.2, -0.15) is 15.3 Å². The summed E-state index contributed by atoms with van der Waals surface area (Å²) in [5.41, 5.74) is 1.63. The standard InChI is InChI=1S/C16H10FN7/c17-12-6-2-1-4-10(12)9-24-16-11(5-3-7-19-16)14(23-24)15-20-13(8-18)21-22-15/h1-7H,9H2,(H,20,21,22). The first-order chi connectivity index (χ1) is 11.8. The van der Waals surface area contributed by atoms with Crippen LogP contribution in [0.4, 0.5) is 4.39 Å². The number of rotatable bonds is 3. The Labute approximate surface area is 135 Å². The fourth-order valence-electron chi connectivity index (χ4n) is 2.50. The first-order valence-corrected chi connectivity index (χ1v) is 7.14. The molecule has 0 aliphatic heterocycles. The molecule has 0 fully saturated rings. The molecule has 0 saturated carbocycles. The Hall–Kier alpha value is -3.60. The minimum absolute atomic E-state index is 0.0331. The number of nitrogens with zero attached hydrogens (tertiary/aromatic N) is 6. The van der Waals surface area contributed by atoms with Crippen molar-refractivity contribution in [3.8, 4) is 17.6 Å². The van der Waals surface area contributed by atoms with Crippen molar-refractivity contribution in [2.24, 2.45) is 0 Å². The Morgan fingerprint density at radius 3 is 2.88 bits per heavy atom. The average Bonchev–Trinajstić information content (AvgIpc) is 3.22. The van der Waals surface area contributed by atoms with Crippen LogP contribution in [0.1, 0.15) is 11.4 Å². The van der Waals surface area contributed by atoms with Gasteiger partial charge in [0.2, 0.25) is 0 Å². The maximum Gasteiger partial charge on any atom is 0.252 e. The number of nitrogens with one attached hydrogen (secondary N) is 1. The number of halogens is 1. The molecular weight excluding hydrogens is 309 g/mol. The Morgan fingerprint density at radius 2 is 2.08 bits per heavy atom.